The van der Waals surface area contributed by atoms with Crippen molar-refractivity contribution >= 4 is 22.4 Å². The smallest absolute Gasteiger partial charge is 0.256 e. The average Bonchev–Trinajstić information content (AvgIpc) is 2.89. The summed E-state index contributed by atoms with van der Waals surface area (Å²) >= 11 is 0. The molecule has 0 fully saturated rings. The van der Waals surface area contributed by atoms with Gasteiger partial charge in [-0.05, 0) is 42.0 Å². The number of methoxy groups -OCH3 is 1. The summed E-state index contributed by atoms with van der Waals surface area (Å²) in [4.78, 5) is 26.6. The Morgan fingerprint density at radius 3 is 2.40 bits per heavy atom. The van der Waals surface area contributed by atoms with Gasteiger partial charge in [0, 0.05) is 35.7 Å². The second-order valence-electron chi connectivity index (χ2n) is 8.40. The number of nitrogens with zero attached hydrogens (tertiary/aromatic N) is 1. The van der Waals surface area contributed by atoms with Crippen molar-refractivity contribution in [1.82, 2.24) is 4.57 Å². The minimum atomic E-state index is -0.208. The molecule has 3 aromatic carbocycles. The molecule has 0 saturated heterocycles. The van der Waals surface area contributed by atoms with Crippen molar-refractivity contribution in [3.8, 4) is 17.2 Å². The molecule has 35 heavy (non-hydrogen) atoms. The first kappa shape index (κ1) is 22.5. The lowest BCUT2D eigenvalue weighted by Crippen LogP contribution is -2.29. The minimum absolute atomic E-state index is 0.0415. The number of fused-ring (bicyclic) bond motifs is 2. The lowest BCUT2D eigenvalue weighted by molar-refractivity contribution is -0.119. The van der Waals surface area contributed by atoms with Crippen LogP contribution in [0.5, 0.6) is 17.2 Å². The van der Waals surface area contributed by atoms with Gasteiger partial charge in [-0.25, -0.2) is 0 Å². The van der Waals surface area contributed by atoms with Crippen molar-refractivity contribution in [3.63, 3.8) is 0 Å². The number of hydrogen-bond acceptors (Lipinski definition) is 6. The highest BCUT2D eigenvalue weighted by molar-refractivity contribution is 5.87. The molecule has 2 heterocycles. The number of para-hydroxylation sites is 1. The standard InChI is InChI=1S/C28H26N2O5/c1-33-24-9-7-19(8-10-24)13-23(31)18-30-25-16-27-26(34-11-12-35-27)15-20(25)14-21(28(30)32)17-29-22-5-3-2-4-6-22/h2-10,14-16,29H,11-13,17-18H2,1H3. The number of hydrogen-bond donors (Lipinski definition) is 1. The summed E-state index contributed by atoms with van der Waals surface area (Å²) < 4.78 is 18.2. The van der Waals surface area contributed by atoms with Crippen LogP contribution in [-0.4, -0.2) is 30.7 Å². The summed E-state index contributed by atoms with van der Waals surface area (Å²) in [7, 11) is 1.60. The molecule has 0 atom stereocenters. The molecular weight excluding hydrogens is 444 g/mol. The quantitative estimate of drug-likeness (QED) is 0.416. The lowest BCUT2D eigenvalue weighted by atomic mass is 10.1. The maximum atomic E-state index is 13.5. The molecule has 178 valence electrons. The Hall–Kier alpha value is -4.26. The van der Waals surface area contributed by atoms with E-state index >= 15 is 0 Å². The second-order valence-corrected chi connectivity index (χ2v) is 8.40. The maximum Gasteiger partial charge on any atom is 0.256 e. The number of nitrogens with one attached hydrogen (secondary N) is 1. The molecule has 0 unspecified atom stereocenters. The second kappa shape index (κ2) is 9.93. The molecule has 0 aliphatic carbocycles. The molecule has 0 spiro atoms. The van der Waals surface area contributed by atoms with Gasteiger partial charge in [0.05, 0.1) is 19.2 Å². The molecule has 7 nitrogen and oxygen atoms in total. The average molecular weight is 471 g/mol. The number of Topliss-reactive ketones (excluding diaryl/α,β-unsaturated/α-hetero) is 1. The fourth-order valence-corrected chi connectivity index (χ4v) is 4.22. The molecular formula is C28H26N2O5. The van der Waals surface area contributed by atoms with Gasteiger partial charge in [0.2, 0.25) is 0 Å². The van der Waals surface area contributed by atoms with E-state index in [9.17, 15) is 9.59 Å². The zero-order valence-electron chi connectivity index (χ0n) is 19.5. The minimum Gasteiger partial charge on any atom is -0.497 e. The summed E-state index contributed by atoms with van der Waals surface area (Å²) in [6.07, 6.45) is 0.217. The Kier molecular flexibility index (Phi) is 6.39. The Balaban J connectivity index is 1.49. The molecule has 1 N–H and O–H groups in total. The Morgan fingerprint density at radius 1 is 0.971 bits per heavy atom. The summed E-state index contributed by atoms with van der Waals surface area (Å²) in [5.41, 5.74) is 2.78. The van der Waals surface area contributed by atoms with Gasteiger partial charge in [0.25, 0.3) is 5.56 Å². The third-order valence-electron chi connectivity index (χ3n) is 5.98. The van der Waals surface area contributed by atoms with Crippen LogP contribution in [0.2, 0.25) is 0 Å². The number of benzene rings is 3. The Bertz CT molecular complexity index is 1410. The van der Waals surface area contributed by atoms with E-state index in [0.717, 1.165) is 22.4 Å². The van der Waals surface area contributed by atoms with Crippen LogP contribution in [0.25, 0.3) is 10.9 Å². The number of rotatable bonds is 8. The molecule has 1 aliphatic heterocycles. The van der Waals surface area contributed by atoms with Crippen LogP contribution in [0.4, 0.5) is 5.69 Å². The zero-order valence-corrected chi connectivity index (χ0v) is 19.5. The molecule has 4 aromatic rings. The van der Waals surface area contributed by atoms with Gasteiger partial charge in [-0.15, -0.1) is 0 Å². The largest absolute Gasteiger partial charge is 0.497 e. The number of anilines is 1. The first-order chi connectivity index (χ1) is 17.1. The van der Waals surface area contributed by atoms with Gasteiger partial charge < -0.3 is 24.1 Å². The van der Waals surface area contributed by atoms with E-state index in [1.54, 1.807) is 17.7 Å². The number of ether oxygens (including phenoxy) is 3. The highest BCUT2D eigenvalue weighted by Crippen LogP contribution is 2.34. The van der Waals surface area contributed by atoms with E-state index in [-0.39, 0.29) is 24.3 Å². The molecule has 5 rings (SSSR count). The first-order valence-electron chi connectivity index (χ1n) is 11.5. The van der Waals surface area contributed by atoms with Crippen LogP contribution in [0.3, 0.4) is 0 Å². The van der Waals surface area contributed by atoms with Crippen LogP contribution in [0.1, 0.15) is 11.1 Å². The number of pyridine rings is 1. The van der Waals surface area contributed by atoms with E-state index in [4.69, 9.17) is 14.2 Å². The predicted octanol–water partition coefficient (Wildman–Crippen LogP) is 4.21. The number of carbonyl (C=O) groups is 1. The molecule has 0 radical (unpaired) electrons. The van der Waals surface area contributed by atoms with Crippen LogP contribution in [0, 0.1) is 0 Å². The monoisotopic (exact) mass is 470 g/mol. The maximum absolute atomic E-state index is 13.5. The van der Waals surface area contributed by atoms with Gasteiger partial charge in [-0.3, -0.25) is 9.59 Å². The van der Waals surface area contributed by atoms with Crippen molar-refractivity contribution in [2.24, 2.45) is 0 Å². The van der Waals surface area contributed by atoms with Crippen LogP contribution in [-0.2, 0) is 24.3 Å². The predicted molar refractivity (Wildman–Crippen MR) is 135 cm³/mol. The topological polar surface area (TPSA) is 78.8 Å². The van der Waals surface area contributed by atoms with E-state index < -0.39 is 0 Å². The molecule has 7 heteroatoms. The van der Waals surface area contributed by atoms with E-state index in [0.29, 0.717) is 42.3 Å². The molecule has 0 bridgehead atoms. The fourth-order valence-electron chi connectivity index (χ4n) is 4.22. The third kappa shape index (κ3) is 4.99. The van der Waals surface area contributed by atoms with Crippen molar-refractivity contribution in [2.75, 3.05) is 25.6 Å². The number of aromatic nitrogens is 1. The summed E-state index contributed by atoms with van der Waals surface area (Å²) in [5.74, 6) is 1.88. The summed E-state index contributed by atoms with van der Waals surface area (Å²) in [6, 6.07) is 22.6. The van der Waals surface area contributed by atoms with Crippen LogP contribution >= 0.6 is 0 Å². The van der Waals surface area contributed by atoms with Crippen LogP contribution in [0.15, 0.2) is 77.6 Å². The van der Waals surface area contributed by atoms with E-state index in [1.165, 1.54) is 0 Å². The Labute approximate surface area is 202 Å². The van der Waals surface area contributed by atoms with Crippen molar-refractivity contribution in [1.29, 1.82) is 0 Å². The van der Waals surface area contributed by atoms with Gasteiger partial charge in [0.15, 0.2) is 17.3 Å². The Morgan fingerprint density at radius 2 is 1.69 bits per heavy atom. The summed E-state index contributed by atoms with van der Waals surface area (Å²) in [5, 5.41) is 4.11. The molecule has 0 amide bonds. The van der Waals surface area contributed by atoms with Gasteiger partial charge in [0.1, 0.15) is 19.0 Å². The van der Waals surface area contributed by atoms with Crippen molar-refractivity contribution < 1.29 is 19.0 Å². The van der Waals surface area contributed by atoms with Gasteiger partial charge in [-0.2, -0.15) is 0 Å². The zero-order chi connectivity index (χ0) is 24.2. The SMILES string of the molecule is COc1ccc(CC(=O)Cn2c(=O)c(CNc3ccccc3)cc3cc4c(cc32)OCCO4)cc1. The van der Waals surface area contributed by atoms with E-state index in [2.05, 4.69) is 5.32 Å². The highest BCUT2D eigenvalue weighted by Gasteiger charge is 2.18. The lowest BCUT2D eigenvalue weighted by Gasteiger charge is -2.21. The molecule has 0 saturated carbocycles. The number of ketones is 1. The molecule has 1 aliphatic rings. The third-order valence-corrected chi connectivity index (χ3v) is 5.98. The first-order valence-corrected chi connectivity index (χ1v) is 11.5. The van der Waals surface area contributed by atoms with E-state index in [1.807, 2.05) is 66.7 Å². The summed E-state index contributed by atoms with van der Waals surface area (Å²) in [6.45, 7) is 1.21. The van der Waals surface area contributed by atoms with Gasteiger partial charge in [-0.1, -0.05) is 30.3 Å². The fraction of sp³-hybridized carbons (Fsp3) is 0.214. The van der Waals surface area contributed by atoms with Crippen LogP contribution < -0.4 is 25.1 Å². The van der Waals surface area contributed by atoms with Crippen molar-refractivity contribution in [3.05, 3.63) is 94.3 Å². The number of carbonyl (C=O) groups excluding carboxylic acids is 1. The normalized spacial score (nSPS) is 12.4. The van der Waals surface area contributed by atoms with Gasteiger partial charge >= 0.3 is 0 Å². The molecule has 1 aromatic heterocycles. The van der Waals surface area contributed by atoms with Crippen molar-refractivity contribution in [2.45, 2.75) is 19.5 Å². The highest BCUT2D eigenvalue weighted by atomic mass is 16.6.